The molecule has 0 radical (unpaired) electrons. The monoisotopic (exact) mass is 359 g/mol. The average molecular weight is 359 g/mol. The number of amides is 1. The summed E-state index contributed by atoms with van der Waals surface area (Å²) in [5.41, 5.74) is 1.09. The van der Waals surface area contributed by atoms with Crippen molar-refractivity contribution in [3.05, 3.63) is 41.5 Å². The number of aromatic nitrogens is 2. The van der Waals surface area contributed by atoms with Crippen LogP contribution in [0.25, 0.3) is 0 Å². The fourth-order valence-electron chi connectivity index (χ4n) is 3.30. The van der Waals surface area contributed by atoms with Gasteiger partial charge in [-0.3, -0.25) is 4.79 Å². The van der Waals surface area contributed by atoms with Gasteiger partial charge in [0, 0.05) is 20.1 Å². The number of carbonyl (C=O) groups excluding carboxylic acids is 1. The van der Waals surface area contributed by atoms with E-state index in [9.17, 15) is 4.79 Å². The number of hydrogen-bond donors (Lipinski definition) is 0. The van der Waals surface area contributed by atoms with Gasteiger partial charge in [-0.05, 0) is 43.4 Å². The van der Waals surface area contributed by atoms with Gasteiger partial charge in [0.05, 0.1) is 7.11 Å². The van der Waals surface area contributed by atoms with Crippen molar-refractivity contribution in [2.75, 3.05) is 20.8 Å². The van der Waals surface area contributed by atoms with Crippen molar-refractivity contribution < 1.29 is 18.8 Å². The summed E-state index contributed by atoms with van der Waals surface area (Å²) in [5.74, 6) is 1.94. The molecule has 1 aliphatic rings. The Morgan fingerprint density at radius 2 is 2.23 bits per heavy atom. The zero-order valence-electron chi connectivity index (χ0n) is 15.3. The van der Waals surface area contributed by atoms with E-state index < -0.39 is 0 Å². The van der Waals surface area contributed by atoms with Gasteiger partial charge >= 0.3 is 0 Å². The summed E-state index contributed by atoms with van der Waals surface area (Å²) in [6.45, 7) is 1.03. The number of likely N-dealkylation sites (tertiary alicyclic amines) is 1. The van der Waals surface area contributed by atoms with Crippen molar-refractivity contribution in [3.8, 4) is 5.75 Å². The van der Waals surface area contributed by atoms with Gasteiger partial charge in [0.15, 0.2) is 5.82 Å². The molecule has 2 heterocycles. The van der Waals surface area contributed by atoms with Crippen molar-refractivity contribution in [2.45, 2.75) is 44.8 Å². The molecule has 3 rings (SSSR count). The Labute approximate surface area is 153 Å². The molecular formula is C19H25N3O4. The van der Waals surface area contributed by atoms with Crippen molar-refractivity contribution >= 4 is 5.91 Å². The van der Waals surface area contributed by atoms with Gasteiger partial charge in [0.1, 0.15) is 18.4 Å². The second-order valence-electron chi connectivity index (χ2n) is 6.43. The fraction of sp³-hybridized carbons (Fsp3) is 0.526. The van der Waals surface area contributed by atoms with Crippen LogP contribution in [-0.4, -0.2) is 41.7 Å². The quantitative estimate of drug-likeness (QED) is 0.756. The normalized spacial score (nSPS) is 17.3. The highest BCUT2D eigenvalue weighted by molar-refractivity contribution is 5.77. The van der Waals surface area contributed by atoms with E-state index in [1.54, 1.807) is 14.2 Å². The summed E-state index contributed by atoms with van der Waals surface area (Å²) in [6.07, 6.45) is 4.02. The van der Waals surface area contributed by atoms with E-state index in [-0.39, 0.29) is 11.9 Å². The smallest absolute Gasteiger partial charge is 0.249 e. The molecule has 2 aromatic rings. The molecule has 140 valence electrons. The molecule has 1 amide bonds. The third-order valence-electron chi connectivity index (χ3n) is 4.63. The molecule has 1 saturated heterocycles. The van der Waals surface area contributed by atoms with E-state index in [4.69, 9.17) is 14.0 Å². The van der Waals surface area contributed by atoms with Gasteiger partial charge in [-0.1, -0.05) is 17.3 Å². The van der Waals surface area contributed by atoms with Crippen molar-refractivity contribution in [1.82, 2.24) is 15.0 Å². The lowest BCUT2D eigenvalue weighted by Gasteiger charge is -2.33. The number of aryl methyl sites for hydroxylation is 1. The van der Waals surface area contributed by atoms with Crippen molar-refractivity contribution in [1.29, 1.82) is 0 Å². The highest BCUT2D eigenvalue weighted by atomic mass is 16.5. The second-order valence-corrected chi connectivity index (χ2v) is 6.43. The largest absolute Gasteiger partial charge is 0.497 e. The Morgan fingerprint density at radius 1 is 1.35 bits per heavy atom. The summed E-state index contributed by atoms with van der Waals surface area (Å²) in [4.78, 5) is 19.1. The van der Waals surface area contributed by atoms with Crippen molar-refractivity contribution in [3.63, 3.8) is 0 Å². The zero-order valence-corrected chi connectivity index (χ0v) is 15.3. The van der Waals surface area contributed by atoms with Crippen LogP contribution >= 0.6 is 0 Å². The summed E-state index contributed by atoms with van der Waals surface area (Å²) in [5, 5.41) is 3.92. The van der Waals surface area contributed by atoms with Gasteiger partial charge < -0.3 is 18.9 Å². The van der Waals surface area contributed by atoms with Crippen LogP contribution in [-0.2, 0) is 22.6 Å². The van der Waals surface area contributed by atoms with Crippen LogP contribution in [0.15, 0.2) is 28.8 Å². The van der Waals surface area contributed by atoms with E-state index in [1.165, 1.54) is 0 Å². The fourth-order valence-corrected chi connectivity index (χ4v) is 3.30. The molecule has 0 bridgehead atoms. The lowest BCUT2D eigenvalue weighted by Crippen LogP contribution is -2.38. The SMILES string of the molecule is COCc1noc([C@H]2CCCCN2C(=O)CCc2cccc(OC)c2)n1. The van der Waals surface area contributed by atoms with Crippen molar-refractivity contribution in [2.24, 2.45) is 0 Å². The Hall–Kier alpha value is -2.41. The number of methoxy groups -OCH3 is 2. The molecular weight excluding hydrogens is 334 g/mol. The molecule has 0 aliphatic carbocycles. The molecule has 1 atom stereocenters. The maximum absolute atomic E-state index is 12.8. The van der Waals surface area contributed by atoms with E-state index in [0.29, 0.717) is 31.2 Å². The highest BCUT2D eigenvalue weighted by Gasteiger charge is 2.31. The molecule has 0 N–H and O–H groups in total. The van der Waals surface area contributed by atoms with Crippen LogP contribution < -0.4 is 4.74 Å². The van der Waals surface area contributed by atoms with Gasteiger partial charge in [-0.25, -0.2) is 0 Å². The molecule has 26 heavy (non-hydrogen) atoms. The number of nitrogens with zero attached hydrogens (tertiary/aromatic N) is 3. The summed E-state index contributed by atoms with van der Waals surface area (Å²) in [7, 11) is 3.23. The van der Waals surface area contributed by atoms with E-state index >= 15 is 0 Å². The third-order valence-corrected chi connectivity index (χ3v) is 4.63. The highest BCUT2D eigenvalue weighted by Crippen LogP contribution is 2.30. The van der Waals surface area contributed by atoms with Crippen LogP contribution in [0.5, 0.6) is 5.75 Å². The first-order chi connectivity index (χ1) is 12.7. The molecule has 0 saturated carbocycles. The van der Waals surface area contributed by atoms with Crippen LogP contribution in [0.3, 0.4) is 0 Å². The van der Waals surface area contributed by atoms with E-state index in [2.05, 4.69) is 10.1 Å². The third kappa shape index (κ3) is 4.40. The number of ether oxygens (including phenoxy) is 2. The second kappa shape index (κ2) is 8.80. The minimum Gasteiger partial charge on any atom is -0.497 e. The van der Waals surface area contributed by atoms with Crippen LogP contribution in [0.1, 0.15) is 49.0 Å². The number of piperidine rings is 1. The first-order valence-electron chi connectivity index (χ1n) is 8.95. The summed E-state index contributed by atoms with van der Waals surface area (Å²) < 4.78 is 15.7. The van der Waals surface area contributed by atoms with E-state index in [0.717, 1.165) is 37.1 Å². The molecule has 7 nitrogen and oxygen atoms in total. The Morgan fingerprint density at radius 3 is 3.04 bits per heavy atom. The number of hydrogen-bond acceptors (Lipinski definition) is 6. The molecule has 0 unspecified atom stereocenters. The van der Waals surface area contributed by atoms with E-state index in [1.807, 2.05) is 29.2 Å². The lowest BCUT2D eigenvalue weighted by atomic mass is 10.0. The lowest BCUT2D eigenvalue weighted by molar-refractivity contribution is -0.135. The van der Waals surface area contributed by atoms with Gasteiger partial charge in [-0.2, -0.15) is 4.98 Å². The molecule has 0 spiro atoms. The van der Waals surface area contributed by atoms with Crippen LogP contribution in [0.4, 0.5) is 0 Å². The molecule has 1 aromatic carbocycles. The van der Waals surface area contributed by atoms with Gasteiger partial charge in [-0.15, -0.1) is 0 Å². The molecule has 1 aromatic heterocycles. The average Bonchev–Trinajstić information content (AvgIpc) is 3.15. The van der Waals surface area contributed by atoms with Gasteiger partial charge in [0.2, 0.25) is 11.8 Å². The number of rotatable bonds is 7. The Kier molecular flexibility index (Phi) is 6.22. The maximum Gasteiger partial charge on any atom is 0.249 e. The van der Waals surface area contributed by atoms with Crippen LogP contribution in [0.2, 0.25) is 0 Å². The zero-order chi connectivity index (χ0) is 18.4. The molecule has 1 aliphatic heterocycles. The number of carbonyl (C=O) groups is 1. The summed E-state index contributed by atoms with van der Waals surface area (Å²) >= 11 is 0. The standard InChI is InChI=1S/C19H25N3O4/c1-24-13-17-20-19(26-21-17)16-8-3-4-11-22(16)18(23)10-9-14-6-5-7-15(12-14)25-2/h5-7,12,16H,3-4,8-11,13H2,1-2H3/t16-/m1/s1. The Bertz CT molecular complexity index is 731. The predicted octanol–water partition coefficient (Wildman–Crippen LogP) is 2.91. The first-order valence-corrected chi connectivity index (χ1v) is 8.95. The van der Waals surface area contributed by atoms with Gasteiger partial charge in [0.25, 0.3) is 0 Å². The van der Waals surface area contributed by atoms with Crippen LogP contribution in [0, 0.1) is 0 Å². The summed E-state index contributed by atoms with van der Waals surface area (Å²) in [6, 6.07) is 7.69. The molecule has 7 heteroatoms. The minimum atomic E-state index is -0.139. The number of benzene rings is 1. The Balaban J connectivity index is 1.65. The maximum atomic E-state index is 12.8. The molecule has 1 fully saturated rings. The minimum absolute atomic E-state index is 0.115. The topological polar surface area (TPSA) is 77.7 Å². The predicted molar refractivity (Wildman–Crippen MR) is 94.6 cm³/mol. The first kappa shape index (κ1) is 18.4.